The molecule has 146 valence electrons. The van der Waals surface area contributed by atoms with E-state index in [9.17, 15) is 9.59 Å². The number of esters is 1. The van der Waals surface area contributed by atoms with Crippen LogP contribution in [0.4, 0.5) is 11.4 Å². The van der Waals surface area contributed by atoms with E-state index in [0.29, 0.717) is 23.4 Å². The fourth-order valence-electron chi connectivity index (χ4n) is 2.90. The lowest BCUT2D eigenvalue weighted by atomic mass is 10.1. The van der Waals surface area contributed by atoms with Gasteiger partial charge in [0.2, 0.25) is 5.91 Å². The molecule has 0 radical (unpaired) electrons. The molecule has 0 spiro atoms. The predicted octanol–water partition coefficient (Wildman–Crippen LogP) is 5.30. The molecule has 1 rings (SSSR count). The molecule has 1 amide bonds. The molecule has 1 aromatic rings. The van der Waals surface area contributed by atoms with Crippen molar-refractivity contribution in [2.45, 2.75) is 77.6 Å². The summed E-state index contributed by atoms with van der Waals surface area (Å²) in [5.74, 6) is -0.520. The third kappa shape index (κ3) is 8.88. The van der Waals surface area contributed by atoms with Crippen LogP contribution in [-0.4, -0.2) is 19.0 Å². The monoisotopic (exact) mass is 362 g/mol. The maximum Gasteiger partial charge on any atom is 0.337 e. The van der Waals surface area contributed by atoms with E-state index in [0.717, 1.165) is 12.8 Å². The molecule has 3 N–H and O–H groups in total. The van der Waals surface area contributed by atoms with Gasteiger partial charge >= 0.3 is 5.97 Å². The van der Waals surface area contributed by atoms with Crippen molar-refractivity contribution >= 4 is 23.3 Å². The lowest BCUT2D eigenvalue weighted by Crippen LogP contribution is -2.13. The molecule has 0 fully saturated rings. The zero-order valence-electron chi connectivity index (χ0n) is 16.3. The van der Waals surface area contributed by atoms with Gasteiger partial charge in [0.1, 0.15) is 0 Å². The van der Waals surface area contributed by atoms with E-state index >= 15 is 0 Å². The largest absolute Gasteiger partial charge is 0.465 e. The van der Waals surface area contributed by atoms with Gasteiger partial charge in [0, 0.05) is 6.42 Å². The fourth-order valence-corrected chi connectivity index (χ4v) is 2.90. The molecule has 0 atom stereocenters. The molecule has 26 heavy (non-hydrogen) atoms. The number of amides is 1. The Morgan fingerprint density at radius 2 is 1.54 bits per heavy atom. The number of hydrogen-bond acceptors (Lipinski definition) is 4. The van der Waals surface area contributed by atoms with Crippen LogP contribution in [0.3, 0.4) is 0 Å². The Bertz CT molecular complexity index is 558. The zero-order chi connectivity index (χ0) is 19.2. The molecule has 1 aromatic carbocycles. The van der Waals surface area contributed by atoms with Crippen LogP contribution < -0.4 is 11.1 Å². The van der Waals surface area contributed by atoms with Crippen molar-refractivity contribution in [1.29, 1.82) is 0 Å². The number of anilines is 2. The third-order valence-corrected chi connectivity index (χ3v) is 4.51. The van der Waals surface area contributed by atoms with Crippen molar-refractivity contribution in [3.05, 3.63) is 23.8 Å². The Morgan fingerprint density at radius 1 is 0.962 bits per heavy atom. The number of hydrogen-bond donors (Lipinski definition) is 2. The van der Waals surface area contributed by atoms with Gasteiger partial charge in [-0.3, -0.25) is 4.79 Å². The van der Waals surface area contributed by atoms with Crippen molar-refractivity contribution in [3.8, 4) is 0 Å². The second-order valence-corrected chi connectivity index (χ2v) is 6.77. The molecule has 0 saturated carbocycles. The summed E-state index contributed by atoms with van der Waals surface area (Å²) in [7, 11) is 1.32. The highest BCUT2D eigenvalue weighted by atomic mass is 16.5. The lowest BCUT2D eigenvalue weighted by Gasteiger charge is -2.10. The summed E-state index contributed by atoms with van der Waals surface area (Å²) < 4.78 is 4.68. The van der Waals surface area contributed by atoms with Crippen molar-refractivity contribution < 1.29 is 14.3 Å². The molecule has 0 bridgehead atoms. The van der Waals surface area contributed by atoms with E-state index < -0.39 is 5.97 Å². The molecular formula is C21H34N2O3. The number of benzene rings is 1. The molecular weight excluding hydrogens is 328 g/mol. The van der Waals surface area contributed by atoms with Crippen molar-refractivity contribution in [2.24, 2.45) is 0 Å². The summed E-state index contributed by atoms with van der Waals surface area (Å²) in [5.41, 5.74) is 7.14. The van der Waals surface area contributed by atoms with Gasteiger partial charge in [-0.2, -0.15) is 0 Å². The average Bonchev–Trinajstić information content (AvgIpc) is 2.64. The first-order valence-corrected chi connectivity index (χ1v) is 9.86. The summed E-state index contributed by atoms with van der Waals surface area (Å²) >= 11 is 0. The summed E-state index contributed by atoms with van der Waals surface area (Å²) in [4.78, 5) is 23.6. The van der Waals surface area contributed by atoms with Gasteiger partial charge in [-0.05, 0) is 24.6 Å². The molecule has 5 nitrogen and oxygen atoms in total. The van der Waals surface area contributed by atoms with Gasteiger partial charge in [0.25, 0.3) is 0 Å². The number of nitrogen functional groups attached to an aromatic ring is 1. The van der Waals surface area contributed by atoms with Crippen LogP contribution in [0.5, 0.6) is 0 Å². The fraction of sp³-hybridized carbons (Fsp3) is 0.619. The Hall–Kier alpha value is -2.04. The van der Waals surface area contributed by atoms with E-state index in [1.54, 1.807) is 18.2 Å². The first-order chi connectivity index (χ1) is 12.6. The third-order valence-electron chi connectivity index (χ3n) is 4.51. The minimum Gasteiger partial charge on any atom is -0.465 e. The Balaban J connectivity index is 2.20. The van der Waals surface area contributed by atoms with Gasteiger partial charge in [-0.15, -0.1) is 0 Å². The molecule has 0 unspecified atom stereocenters. The topological polar surface area (TPSA) is 81.4 Å². The van der Waals surface area contributed by atoms with E-state index in [4.69, 9.17) is 5.73 Å². The zero-order valence-corrected chi connectivity index (χ0v) is 16.3. The lowest BCUT2D eigenvalue weighted by molar-refractivity contribution is -0.116. The average molecular weight is 363 g/mol. The van der Waals surface area contributed by atoms with Crippen LogP contribution in [0, 0.1) is 0 Å². The minimum absolute atomic E-state index is 0.0710. The van der Waals surface area contributed by atoms with Crippen LogP contribution in [0.25, 0.3) is 0 Å². The molecule has 0 aliphatic rings. The summed E-state index contributed by atoms with van der Waals surface area (Å²) in [6.07, 6.45) is 12.8. The smallest absolute Gasteiger partial charge is 0.337 e. The molecule has 0 aromatic heterocycles. The van der Waals surface area contributed by atoms with Crippen molar-refractivity contribution in [3.63, 3.8) is 0 Å². The Kier molecular flexibility index (Phi) is 11.2. The van der Waals surface area contributed by atoms with E-state index in [1.807, 2.05) is 0 Å². The standard InChI is InChI=1S/C21H34N2O3/c1-3-4-5-6-7-8-9-10-11-12-13-20(24)23-19-16-17(21(25)26-2)14-15-18(19)22/h14-16H,3-13,22H2,1-2H3,(H,23,24). The predicted molar refractivity (Wildman–Crippen MR) is 107 cm³/mol. The Morgan fingerprint density at radius 3 is 2.12 bits per heavy atom. The SMILES string of the molecule is CCCCCCCCCCCCC(=O)Nc1cc(C(=O)OC)ccc1N. The van der Waals surface area contributed by atoms with E-state index in [-0.39, 0.29) is 5.91 Å². The van der Waals surface area contributed by atoms with Crippen LogP contribution in [0.15, 0.2) is 18.2 Å². The van der Waals surface area contributed by atoms with Gasteiger partial charge < -0.3 is 15.8 Å². The number of carbonyl (C=O) groups excluding carboxylic acids is 2. The summed E-state index contributed by atoms with van der Waals surface area (Å²) in [5, 5.41) is 2.79. The highest BCUT2D eigenvalue weighted by Gasteiger charge is 2.10. The Labute approximate surface area is 157 Å². The van der Waals surface area contributed by atoms with Crippen molar-refractivity contribution in [1.82, 2.24) is 0 Å². The summed E-state index contributed by atoms with van der Waals surface area (Å²) in [6.45, 7) is 2.24. The van der Waals surface area contributed by atoms with Gasteiger partial charge in [0.05, 0.1) is 24.0 Å². The second kappa shape index (κ2) is 13.2. The maximum atomic E-state index is 12.1. The molecule has 5 heteroatoms. The van der Waals surface area contributed by atoms with Crippen molar-refractivity contribution in [2.75, 3.05) is 18.2 Å². The second-order valence-electron chi connectivity index (χ2n) is 6.77. The molecule has 0 heterocycles. The number of ether oxygens (including phenoxy) is 1. The quantitative estimate of drug-likeness (QED) is 0.283. The summed E-state index contributed by atoms with van der Waals surface area (Å²) in [6, 6.07) is 4.74. The number of rotatable bonds is 13. The normalized spacial score (nSPS) is 10.5. The molecule has 0 saturated heterocycles. The maximum absolute atomic E-state index is 12.1. The van der Waals surface area contributed by atoms with Crippen LogP contribution in [-0.2, 0) is 9.53 Å². The van der Waals surface area contributed by atoms with Gasteiger partial charge in [-0.25, -0.2) is 4.79 Å². The number of methoxy groups -OCH3 is 1. The van der Waals surface area contributed by atoms with E-state index in [2.05, 4.69) is 17.0 Å². The highest BCUT2D eigenvalue weighted by molar-refractivity contribution is 5.97. The highest BCUT2D eigenvalue weighted by Crippen LogP contribution is 2.21. The van der Waals surface area contributed by atoms with Gasteiger partial charge in [-0.1, -0.05) is 64.7 Å². The van der Waals surface area contributed by atoms with Crippen LogP contribution >= 0.6 is 0 Å². The van der Waals surface area contributed by atoms with Gasteiger partial charge in [0.15, 0.2) is 0 Å². The number of nitrogens with one attached hydrogen (secondary N) is 1. The first kappa shape index (κ1) is 22.0. The first-order valence-electron chi connectivity index (χ1n) is 9.86. The number of nitrogens with two attached hydrogens (primary N) is 1. The minimum atomic E-state index is -0.449. The van der Waals surface area contributed by atoms with Crippen LogP contribution in [0.2, 0.25) is 0 Å². The number of carbonyl (C=O) groups is 2. The molecule has 0 aliphatic heterocycles. The van der Waals surface area contributed by atoms with E-state index in [1.165, 1.54) is 58.5 Å². The molecule has 0 aliphatic carbocycles. The van der Waals surface area contributed by atoms with Crippen LogP contribution in [0.1, 0.15) is 87.9 Å². The number of unbranched alkanes of at least 4 members (excludes halogenated alkanes) is 9.